The van der Waals surface area contributed by atoms with Crippen LogP contribution in [-0.2, 0) is 11.2 Å². The number of amides is 1. The number of benzene rings is 2. The minimum Gasteiger partial charge on any atom is -0.493 e. The van der Waals surface area contributed by atoms with E-state index in [1.54, 1.807) is 25.3 Å². The molecule has 0 bridgehead atoms. The van der Waals surface area contributed by atoms with Gasteiger partial charge in [-0.25, -0.2) is 0 Å². The smallest absolute Gasteiger partial charge is 0.258 e. The third-order valence-electron chi connectivity index (χ3n) is 4.02. The first-order chi connectivity index (χ1) is 12.2. The number of carbonyl (C=O) groups is 1. The van der Waals surface area contributed by atoms with Crippen LogP contribution in [0.1, 0.15) is 17.2 Å². The van der Waals surface area contributed by atoms with Crippen LogP contribution in [0, 0.1) is 0 Å². The monoisotopic (exact) mass is 343 g/mol. The Labute approximate surface area is 146 Å². The van der Waals surface area contributed by atoms with Crippen molar-refractivity contribution in [3.05, 3.63) is 53.6 Å². The highest BCUT2D eigenvalue weighted by Gasteiger charge is 2.16. The molecule has 6 heteroatoms. The highest BCUT2D eigenvalue weighted by molar-refractivity contribution is 5.77. The van der Waals surface area contributed by atoms with Crippen LogP contribution in [-0.4, -0.2) is 37.9 Å². The number of aliphatic hydroxyl groups is 1. The lowest BCUT2D eigenvalue weighted by atomic mass is 10.0. The molecule has 2 aromatic carbocycles. The third-order valence-corrected chi connectivity index (χ3v) is 4.02. The first-order valence-corrected chi connectivity index (χ1v) is 8.13. The first-order valence-electron chi connectivity index (χ1n) is 8.13. The van der Waals surface area contributed by atoms with E-state index in [9.17, 15) is 9.90 Å². The molecule has 25 heavy (non-hydrogen) atoms. The molecule has 2 N–H and O–H groups in total. The zero-order chi connectivity index (χ0) is 17.6. The fourth-order valence-corrected chi connectivity index (χ4v) is 2.67. The SMILES string of the molecule is COc1ccccc1OCC(=O)NC[C@H](O)c1ccc2c(c1)CCO2. The maximum atomic E-state index is 11.9. The fraction of sp³-hybridized carbons (Fsp3) is 0.316. The number of nitrogens with one attached hydrogen (secondary N) is 1. The molecule has 0 aliphatic carbocycles. The molecule has 0 radical (unpaired) electrons. The van der Waals surface area contributed by atoms with Crippen molar-refractivity contribution in [2.75, 3.05) is 26.9 Å². The van der Waals surface area contributed by atoms with E-state index in [1.165, 1.54) is 0 Å². The summed E-state index contributed by atoms with van der Waals surface area (Å²) in [6.07, 6.45) is 0.0655. The molecule has 1 atom stereocenters. The Morgan fingerprint density at radius 3 is 2.88 bits per heavy atom. The number of methoxy groups -OCH3 is 1. The minimum absolute atomic E-state index is 0.119. The van der Waals surface area contributed by atoms with Gasteiger partial charge < -0.3 is 24.6 Å². The van der Waals surface area contributed by atoms with Gasteiger partial charge in [0.15, 0.2) is 18.1 Å². The van der Waals surface area contributed by atoms with Crippen LogP contribution in [0.2, 0.25) is 0 Å². The van der Waals surface area contributed by atoms with E-state index >= 15 is 0 Å². The van der Waals surface area contributed by atoms with Crippen LogP contribution in [0.5, 0.6) is 17.2 Å². The van der Waals surface area contributed by atoms with E-state index in [1.807, 2.05) is 24.3 Å². The molecular weight excluding hydrogens is 322 g/mol. The number of aliphatic hydroxyl groups excluding tert-OH is 1. The Morgan fingerprint density at radius 2 is 2.08 bits per heavy atom. The van der Waals surface area contributed by atoms with Crippen LogP contribution >= 0.6 is 0 Å². The Kier molecular flexibility index (Phi) is 5.40. The topological polar surface area (TPSA) is 77.0 Å². The number of para-hydroxylation sites is 2. The van der Waals surface area contributed by atoms with Crippen LogP contribution in [0.15, 0.2) is 42.5 Å². The van der Waals surface area contributed by atoms with Crippen LogP contribution in [0.4, 0.5) is 0 Å². The lowest BCUT2D eigenvalue weighted by Crippen LogP contribution is -2.32. The second-order valence-electron chi connectivity index (χ2n) is 5.73. The molecule has 132 valence electrons. The van der Waals surface area contributed by atoms with Crippen LogP contribution in [0.25, 0.3) is 0 Å². The summed E-state index contributed by atoms with van der Waals surface area (Å²) in [7, 11) is 1.54. The van der Waals surface area contributed by atoms with Gasteiger partial charge in [0.1, 0.15) is 5.75 Å². The van der Waals surface area contributed by atoms with Gasteiger partial charge in [0, 0.05) is 13.0 Å². The van der Waals surface area contributed by atoms with E-state index in [-0.39, 0.29) is 19.1 Å². The maximum Gasteiger partial charge on any atom is 0.258 e. The van der Waals surface area contributed by atoms with Gasteiger partial charge in [-0.15, -0.1) is 0 Å². The summed E-state index contributed by atoms with van der Waals surface area (Å²) in [6, 6.07) is 12.7. The quantitative estimate of drug-likeness (QED) is 0.802. The standard InChI is InChI=1S/C19H21NO5/c1-23-17-4-2-3-5-18(17)25-12-19(22)20-11-15(21)13-6-7-16-14(10-13)8-9-24-16/h2-7,10,15,21H,8-9,11-12H2,1H3,(H,20,22)/t15-/m0/s1. The van der Waals surface area contributed by atoms with E-state index in [2.05, 4.69) is 5.32 Å². The normalized spacial score (nSPS) is 13.5. The molecule has 1 amide bonds. The highest BCUT2D eigenvalue weighted by Crippen LogP contribution is 2.28. The van der Waals surface area contributed by atoms with Gasteiger partial charge in [0.25, 0.3) is 5.91 Å². The second kappa shape index (κ2) is 7.90. The number of carbonyl (C=O) groups excluding carboxylic acids is 1. The number of hydrogen-bond acceptors (Lipinski definition) is 5. The van der Waals surface area contributed by atoms with Crippen molar-refractivity contribution >= 4 is 5.91 Å². The zero-order valence-corrected chi connectivity index (χ0v) is 14.0. The van der Waals surface area contributed by atoms with Crippen molar-refractivity contribution in [1.82, 2.24) is 5.32 Å². The van der Waals surface area contributed by atoms with Crippen molar-refractivity contribution in [2.45, 2.75) is 12.5 Å². The Morgan fingerprint density at radius 1 is 1.28 bits per heavy atom. The third kappa shape index (κ3) is 4.22. The molecule has 0 saturated heterocycles. The summed E-state index contributed by atoms with van der Waals surface area (Å²) < 4.78 is 16.1. The average molecular weight is 343 g/mol. The summed E-state index contributed by atoms with van der Waals surface area (Å²) in [5.74, 6) is 1.62. The van der Waals surface area contributed by atoms with E-state index in [0.717, 1.165) is 23.3 Å². The summed E-state index contributed by atoms with van der Waals surface area (Å²) in [4.78, 5) is 11.9. The molecule has 0 unspecified atom stereocenters. The molecule has 0 aromatic heterocycles. The average Bonchev–Trinajstić information content (AvgIpc) is 3.12. The van der Waals surface area contributed by atoms with Gasteiger partial charge >= 0.3 is 0 Å². The molecule has 0 saturated carbocycles. The van der Waals surface area contributed by atoms with Crippen molar-refractivity contribution in [3.63, 3.8) is 0 Å². The van der Waals surface area contributed by atoms with Gasteiger partial charge in [-0.1, -0.05) is 18.2 Å². The van der Waals surface area contributed by atoms with Gasteiger partial charge in [0.2, 0.25) is 0 Å². The largest absolute Gasteiger partial charge is 0.493 e. The second-order valence-corrected chi connectivity index (χ2v) is 5.73. The van der Waals surface area contributed by atoms with Crippen molar-refractivity contribution in [1.29, 1.82) is 0 Å². The Bertz CT molecular complexity index is 746. The number of ether oxygens (including phenoxy) is 3. The molecule has 0 fully saturated rings. The molecule has 1 aliphatic rings. The summed E-state index contributed by atoms with van der Waals surface area (Å²) in [5, 5.41) is 12.9. The van der Waals surface area contributed by atoms with Crippen LogP contribution < -0.4 is 19.5 Å². The summed E-state index contributed by atoms with van der Waals surface area (Å²) >= 11 is 0. The number of fused-ring (bicyclic) bond motifs is 1. The lowest BCUT2D eigenvalue weighted by Gasteiger charge is -2.14. The molecule has 3 rings (SSSR count). The first kappa shape index (κ1) is 17.1. The van der Waals surface area contributed by atoms with E-state index in [0.29, 0.717) is 18.1 Å². The van der Waals surface area contributed by atoms with E-state index in [4.69, 9.17) is 14.2 Å². The summed E-state index contributed by atoms with van der Waals surface area (Å²) in [5.41, 5.74) is 1.84. The lowest BCUT2D eigenvalue weighted by molar-refractivity contribution is -0.123. The van der Waals surface area contributed by atoms with Gasteiger partial charge in [-0.05, 0) is 35.4 Å². The van der Waals surface area contributed by atoms with Crippen LogP contribution in [0.3, 0.4) is 0 Å². The van der Waals surface area contributed by atoms with Crippen molar-refractivity contribution in [3.8, 4) is 17.2 Å². The number of hydrogen-bond donors (Lipinski definition) is 2. The molecule has 0 spiro atoms. The number of rotatable bonds is 7. The van der Waals surface area contributed by atoms with Crippen molar-refractivity contribution < 1.29 is 24.1 Å². The molecule has 1 heterocycles. The Balaban J connectivity index is 1.48. The fourth-order valence-electron chi connectivity index (χ4n) is 2.67. The van der Waals surface area contributed by atoms with Gasteiger partial charge in [0.05, 0.1) is 19.8 Å². The predicted octanol–water partition coefficient (Wildman–Crippen LogP) is 1.86. The molecule has 1 aliphatic heterocycles. The molecule has 2 aromatic rings. The summed E-state index contributed by atoms with van der Waals surface area (Å²) in [6.45, 7) is 0.644. The minimum atomic E-state index is -0.777. The predicted molar refractivity (Wildman–Crippen MR) is 92.1 cm³/mol. The molecule has 6 nitrogen and oxygen atoms in total. The highest BCUT2D eigenvalue weighted by atomic mass is 16.5. The zero-order valence-electron chi connectivity index (χ0n) is 14.0. The van der Waals surface area contributed by atoms with Gasteiger partial charge in [-0.3, -0.25) is 4.79 Å². The Hall–Kier alpha value is -2.73. The molecular formula is C19H21NO5. The van der Waals surface area contributed by atoms with Gasteiger partial charge in [-0.2, -0.15) is 0 Å². The van der Waals surface area contributed by atoms with E-state index < -0.39 is 6.10 Å². The maximum absolute atomic E-state index is 11.9. The van der Waals surface area contributed by atoms with Crippen molar-refractivity contribution in [2.24, 2.45) is 0 Å².